The van der Waals surface area contributed by atoms with Crippen molar-refractivity contribution in [2.75, 3.05) is 18.0 Å². The summed E-state index contributed by atoms with van der Waals surface area (Å²) in [5.74, 6) is 0.170. The molecule has 29 heavy (non-hydrogen) atoms. The number of hydrogen-bond acceptors (Lipinski definition) is 5. The molecule has 0 bridgehead atoms. The Morgan fingerprint density at radius 3 is 2.76 bits per heavy atom. The molecule has 3 heterocycles. The average Bonchev–Trinajstić information content (AvgIpc) is 3.46. The van der Waals surface area contributed by atoms with E-state index in [1.54, 1.807) is 11.3 Å². The Morgan fingerprint density at radius 2 is 1.86 bits per heavy atom. The number of aromatic nitrogens is 3. The number of nitrogens with zero attached hydrogens (tertiary/aromatic N) is 4. The van der Waals surface area contributed by atoms with Crippen LogP contribution in [0.25, 0.3) is 5.13 Å². The molecular weight excluding hydrogens is 382 g/mol. The molecule has 2 aliphatic rings. The molecule has 2 aromatic heterocycles. The molecular formula is C22H25N5OS. The summed E-state index contributed by atoms with van der Waals surface area (Å²) in [6.45, 7) is 1.64. The SMILES string of the molecule is O=C(N[C@H]1CCCc2ccccc21)[C@H]1CCCN(c2nnc(-n3cccc3)s2)C1. The molecule has 3 aromatic rings. The highest BCUT2D eigenvalue weighted by atomic mass is 32.1. The van der Waals surface area contributed by atoms with Crippen molar-refractivity contribution in [2.45, 2.75) is 38.1 Å². The van der Waals surface area contributed by atoms with Crippen molar-refractivity contribution < 1.29 is 4.79 Å². The number of rotatable bonds is 4. The molecule has 1 fully saturated rings. The third-order valence-electron chi connectivity index (χ3n) is 5.98. The maximum atomic E-state index is 13.1. The Morgan fingerprint density at radius 1 is 1.03 bits per heavy atom. The van der Waals surface area contributed by atoms with Crippen LogP contribution in [-0.2, 0) is 11.2 Å². The zero-order valence-corrected chi connectivity index (χ0v) is 17.1. The van der Waals surface area contributed by atoms with E-state index in [0.29, 0.717) is 6.54 Å². The summed E-state index contributed by atoms with van der Waals surface area (Å²) in [6, 6.07) is 12.6. The van der Waals surface area contributed by atoms with Crippen LogP contribution in [0.2, 0.25) is 0 Å². The molecule has 2 atom stereocenters. The minimum atomic E-state index is -0.00299. The van der Waals surface area contributed by atoms with Crippen molar-refractivity contribution in [1.29, 1.82) is 0 Å². The van der Waals surface area contributed by atoms with Gasteiger partial charge in [-0.25, -0.2) is 0 Å². The minimum Gasteiger partial charge on any atom is -0.349 e. The van der Waals surface area contributed by atoms with E-state index in [1.807, 2.05) is 29.1 Å². The van der Waals surface area contributed by atoms with Crippen molar-refractivity contribution in [1.82, 2.24) is 20.1 Å². The van der Waals surface area contributed by atoms with Crippen LogP contribution >= 0.6 is 11.3 Å². The van der Waals surface area contributed by atoms with Gasteiger partial charge in [-0.1, -0.05) is 35.6 Å². The van der Waals surface area contributed by atoms with E-state index in [1.165, 1.54) is 11.1 Å². The minimum absolute atomic E-state index is 0.00299. The van der Waals surface area contributed by atoms with Crippen LogP contribution < -0.4 is 10.2 Å². The summed E-state index contributed by atoms with van der Waals surface area (Å²) in [5.41, 5.74) is 2.67. The summed E-state index contributed by atoms with van der Waals surface area (Å²) in [4.78, 5) is 15.3. The van der Waals surface area contributed by atoms with E-state index in [0.717, 1.165) is 48.9 Å². The molecule has 1 saturated heterocycles. The number of aryl methyl sites for hydroxylation is 1. The van der Waals surface area contributed by atoms with Crippen LogP contribution in [0.4, 0.5) is 5.13 Å². The first-order chi connectivity index (χ1) is 14.3. The molecule has 1 aliphatic heterocycles. The quantitative estimate of drug-likeness (QED) is 0.716. The van der Waals surface area contributed by atoms with Crippen LogP contribution in [0.15, 0.2) is 48.8 Å². The lowest BCUT2D eigenvalue weighted by molar-refractivity contribution is -0.126. The largest absolute Gasteiger partial charge is 0.349 e. The Bertz CT molecular complexity index is 983. The van der Waals surface area contributed by atoms with Gasteiger partial charge in [-0.05, 0) is 55.4 Å². The smallest absolute Gasteiger partial charge is 0.225 e. The van der Waals surface area contributed by atoms with Gasteiger partial charge in [0.25, 0.3) is 0 Å². The van der Waals surface area contributed by atoms with Gasteiger partial charge in [-0.2, -0.15) is 0 Å². The highest BCUT2D eigenvalue weighted by Crippen LogP contribution is 2.31. The molecule has 6 nitrogen and oxygen atoms in total. The fraction of sp³-hybridized carbons (Fsp3) is 0.409. The van der Waals surface area contributed by atoms with Gasteiger partial charge in [-0.15, -0.1) is 10.2 Å². The number of amides is 1. The lowest BCUT2D eigenvalue weighted by atomic mass is 9.87. The van der Waals surface area contributed by atoms with Crippen molar-refractivity contribution in [3.8, 4) is 5.13 Å². The topological polar surface area (TPSA) is 63.1 Å². The zero-order valence-electron chi connectivity index (χ0n) is 16.3. The number of benzene rings is 1. The van der Waals surface area contributed by atoms with Gasteiger partial charge in [0, 0.05) is 25.5 Å². The molecule has 5 rings (SSSR count). The van der Waals surface area contributed by atoms with Crippen LogP contribution in [0, 0.1) is 5.92 Å². The van der Waals surface area contributed by atoms with E-state index in [4.69, 9.17) is 0 Å². The molecule has 1 aromatic carbocycles. The van der Waals surface area contributed by atoms with Crippen molar-refractivity contribution in [3.63, 3.8) is 0 Å². The zero-order chi connectivity index (χ0) is 19.6. The summed E-state index contributed by atoms with van der Waals surface area (Å²) >= 11 is 1.57. The average molecular weight is 408 g/mol. The number of anilines is 1. The molecule has 150 valence electrons. The summed E-state index contributed by atoms with van der Waals surface area (Å²) in [7, 11) is 0. The van der Waals surface area contributed by atoms with Crippen molar-refractivity contribution in [2.24, 2.45) is 5.92 Å². The van der Waals surface area contributed by atoms with Crippen LogP contribution in [-0.4, -0.2) is 33.8 Å². The second-order valence-corrected chi connectivity index (χ2v) is 8.83. The Labute approximate surface area is 174 Å². The third-order valence-corrected chi connectivity index (χ3v) is 6.98. The van der Waals surface area contributed by atoms with Gasteiger partial charge in [0.15, 0.2) is 0 Å². The summed E-state index contributed by atoms with van der Waals surface area (Å²) in [6.07, 6.45) is 9.14. The maximum absolute atomic E-state index is 13.1. The first-order valence-corrected chi connectivity index (χ1v) is 11.2. The monoisotopic (exact) mass is 407 g/mol. The first kappa shape index (κ1) is 18.4. The fourth-order valence-corrected chi connectivity index (χ4v) is 5.31. The fourth-order valence-electron chi connectivity index (χ4n) is 4.46. The predicted molar refractivity (Wildman–Crippen MR) is 114 cm³/mol. The standard InChI is InChI=1S/C22H25N5OS/c28-20(23-19-11-5-8-16-7-1-2-10-18(16)19)17-9-6-14-27(15-17)22-25-24-21(29-22)26-12-3-4-13-26/h1-4,7,10,12-13,17,19H,5-6,8-9,11,14-15H2,(H,23,28)/t17-,19-/m0/s1. The van der Waals surface area contributed by atoms with E-state index >= 15 is 0 Å². The van der Waals surface area contributed by atoms with Gasteiger partial charge in [0.05, 0.1) is 12.0 Å². The second kappa shape index (κ2) is 7.99. The molecule has 1 aliphatic carbocycles. The van der Waals surface area contributed by atoms with E-state index in [9.17, 15) is 4.79 Å². The number of fused-ring (bicyclic) bond motifs is 1. The van der Waals surface area contributed by atoms with Gasteiger partial charge in [0.1, 0.15) is 0 Å². The summed E-state index contributed by atoms with van der Waals surface area (Å²) < 4.78 is 1.97. The molecule has 1 amide bonds. The summed E-state index contributed by atoms with van der Waals surface area (Å²) in [5, 5.41) is 13.8. The molecule has 1 N–H and O–H groups in total. The normalized spacial score (nSPS) is 21.6. The lowest BCUT2D eigenvalue weighted by Gasteiger charge is -2.33. The Hall–Kier alpha value is -2.67. The van der Waals surface area contributed by atoms with Crippen molar-refractivity contribution in [3.05, 3.63) is 59.9 Å². The predicted octanol–water partition coefficient (Wildman–Crippen LogP) is 3.74. The number of piperidine rings is 1. The maximum Gasteiger partial charge on any atom is 0.225 e. The number of hydrogen-bond donors (Lipinski definition) is 1. The number of carbonyl (C=O) groups excluding carboxylic acids is 1. The van der Waals surface area contributed by atoms with E-state index in [2.05, 4.69) is 44.7 Å². The lowest BCUT2D eigenvalue weighted by Crippen LogP contribution is -2.44. The molecule has 0 radical (unpaired) electrons. The van der Waals surface area contributed by atoms with E-state index in [-0.39, 0.29) is 17.9 Å². The van der Waals surface area contributed by atoms with Crippen LogP contribution in [0.1, 0.15) is 42.9 Å². The van der Waals surface area contributed by atoms with E-state index < -0.39 is 0 Å². The number of nitrogens with one attached hydrogen (secondary N) is 1. The number of carbonyl (C=O) groups is 1. The molecule has 7 heteroatoms. The third kappa shape index (κ3) is 3.79. The highest BCUT2D eigenvalue weighted by molar-refractivity contribution is 7.17. The van der Waals surface area contributed by atoms with Crippen LogP contribution in [0.5, 0.6) is 0 Å². The first-order valence-electron chi connectivity index (χ1n) is 10.4. The van der Waals surface area contributed by atoms with Crippen molar-refractivity contribution >= 4 is 22.4 Å². The van der Waals surface area contributed by atoms with Crippen LogP contribution in [0.3, 0.4) is 0 Å². The molecule has 0 saturated carbocycles. The van der Waals surface area contributed by atoms with Gasteiger partial charge < -0.3 is 10.2 Å². The Balaban J connectivity index is 1.26. The second-order valence-electron chi connectivity index (χ2n) is 7.89. The molecule has 0 spiro atoms. The highest BCUT2D eigenvalue weighted by Gasteiger charge is 2.30. The van der Waals surface area contributed by atoms with Gasteiger partial charge >= 0.3 is 0 Å². The van der Waals surface area contributed by atoms with Gasteiger partial charge in [-0.3, -0.25) is 9.36 Å². The molecule has 0 unspecified atom stereocenters. The Kier molecular flexibility index (Phi) is 5.06. The van der Waals surface area contributed by atoms with Gasteiger partial charge in [0.2, 0.25) is 16.2 Å².